The molecule has 3 N–H and O–H groups in total. The van der Waals surface area contributed by atoms with Gasteiger partial charge in [0.05, 0.1) is 13.2 Å². The van der Waals surface area contributed by atoms with E-state index in [1.165, 1.54) is 0 Å². The number of nitrogens with two attached hydrogens (primary N) is 1. The molecule has 0 heterocycles. The minimum atomic E-state index is -0.0182. The first kappa shape index (κ1) is 16.6. The lowest BCUT2D eigenvalue weighted by molar-refractivity contribution is -0.117. The van der Waals surface area contributed by atoms with Gasteiger partial charge in [-0.1, -0.05) is 12.1 Å². The smallest absolute Gasteiger partial charge is 0.238 e. The first-order valence-electron chi connectivity index (χ1n) is 6.88. The Morgan fingerprint density at radius 1 is 1.35 bits per heavy atom. The van der Waals surface area contributed by atoms with E-state index in [1.54, 1.807) is 7.11 Å². The zero-order valence-corrected chi connectivity index (χ0v) is 12.6. The van der Waals surface area contributed by atoms with Crippen molar-refractivity contribution in [3.05, 3.63) is 29.8 Å². The summed E-state index contributed by atoms with van der Waals surface area (Å²) in [5.74, 6) is -0.0182. The van der Waals surface area contributed by atoms with E-state index in [1.807, 2.05) is 24.3 Å². The average molecular weight is 279 g/mol. The molecule has 0 aliphatic rings. The molecule has 0 aliphatic carbocycles. The van der Waals surface area contributed by atoms with Crippen LogP contribution in [0, 0.1) is 0 Å². The van der Waals surface area contributed by atoms with Crippen LogP contribution in [0.2, 0.25) is 0 Å². The van der Waals surface area contributed by atoms with E-state index in [2.05, 4.69) is 24.1 Å². The lowest BCUT2D eigenvalue weighted by atomic mass is 10.2. The van der Waals surface area contributed by atoms with E-state index in [0.29, 0.717) is 25.7 Å². The summed E-state index contributed by atoms with van der Waals surface area (Å²) < 4.78 is 5.06. The predicted octanol–water partition coefficient (Wildman–Crippen LogP) is 1.44. The number of amides is 1. The van der Waals surface area contributed by atoms with Gasteiger partial charge >= 0.3 is 0 Å². The normalized spacial score (nSPS) is 11.1. The molecule has 5 heteroatoms. The lowest BCUT2D eigenvalue weighted by Crippen LogP contribution is -2.40. The molecule has 0 radical (unpaired) electrons. The molecule has 5 nitrogen and oxygen atoms in total. The van der Waals surface area contributed by atoms with Gasteiger partial charge in [-0.05, 0) is 31.5 Å². The third kappa shape index (κ3) is 5.69. The van der Waals surface area contributed by atoms with Gasteiger partial charge in [0, 0.05) is 31.9 Å². The number of hydrogen-bond donors (Lipinski definition) is 2. The highest BCUT2D eigenvalue weighted by Gasteiger charge is 2.13. The number of rotatable bonds is 8. The largest absolute Gasteiger partial charge is 0.383 e. The van der Waals surface area contributed by atoms with Crippen molar-refractivity contribution in [3.63, 3.8) is 0 Å². The van der Waals surface area contributed by atoms with Crippen molar-refractivity contribution in [1.82, 2.24) is 4.90 Å². The third-order valence-corrected chi connectivity index (χ3v) is 3.13. The summed E-state index contributed by atoms with van der Waals surface area (Å²) in [6, 6.07) is 7.88. The molecule has 0 atom stereocenters. The highest BCUT2D eigenvalue weighted by Crippen LogP contribution is 2.09. The number of anilines is 1. The van der Waals surface area contributed by atoms with Crippen LogP contribution in [0.5, 0.6) is 0 Å². The number of nitrogens with zero attached hydrogens (tertiary/aromatic N) is 1. The minimum Gasteiger partial charge on any atom is -0.383 e. The van der Waals surface area contributed by atoms with Crippen molar-refractivity contribution in [2.24, 2.45) is 5.73 Å². The first-order chi connectivity index (χ1) is 9.56. The number of carbonyl (C=O) groups excluding carboxylic acids is 1. The maximum Gasteiger partial charge on any atom is 0.238 e. The topological polar surface area (TPSA) is 67.6 Å². The number of nitrogens with one attached hydrogen (secondary N) is 1. The fraction of sp³-hybridized carbons (Fsp3) is 0.533. The molecule has 0 fully saturated rings. The zero-order valence-electron chi connectivity index (χ0n) is 12.6. The molecule has 112 valence electrons. The van der Waals surface area contributed by atoms with Crippen LogP contribution in [0.25, 0.3) is 0 Å². The second-order valence-electron chi connectivity index (χ2n) is 5.01. The van der Waals surface area contributed by atoms with Crippen molar-refractivity contribution in [1.29, 1.82) is 0 Å². The van der Waals surface area contributed by atoms with Crippen molar-refractivity contribution < 1.29 is 9.53 Å². The fourth-order valence-electron chi connectivity index (χ4n) is 1.84. The SMILES string of the molecule is COCCN(CC(=O)Nc1ccc(CN)cc1)C(C)C. The van der Waals surface area contributed by atoms with E-state index >= 15 is 0 Å². The quantitative estimate of drug-likeness (QED) is 0.755. The second-order valence-corrected chi connectivity index (χ2v) is 5.01. The maximum absolute atomic E-state index is 12.0. The van der Waals surface area contributed by atoms with Gasteiger partial charge in [-0.3, -0.25) is 9.69 Å². The molecular formula is C15H25N3O2. The molecule has 20 heavy (non-hydrogen) atoms. The van der Waals surface area contributed by atoms with Crippen LogP contribution in [0.15, 0.2) is 24.3 Å². The second kappa shape index (κ2) is 8.68. The molecular weight excluding hydrogens is 254 g/mol. The Morgan fingerprint density at radius 3 is 2.50 bits per heavy atom. The van der Waals surface area contributed by atoms with Crippen molar-refractivity contribution in [2.75, 3.05) is 32.1 Å². The molecule has 1 aromatic carbocycles. The van der Waals surface area contributed by atoms with E-state index in [-0.39, 0.29) is 5.91 Å². The van der Waals surface area contributed by atoms with Gasteiger partial charge in [0.25, 0.3) is 0 Å². The molecule has 0 aromatic heterocycles. The summed E-state index contributed by atoms with van der Waals surface area (Å²) in [5, 5.41) is 2.89. The van der Waals surface area contributed by atoms with Crippen LogP contribution in [0.4, 0.5) is 5.69 Å². The van der Waals surface area contributed by atoms with Crippen LogP contribution in [0.3, 0.4) is 0 Å². The number of methoxy groups -OCH3 is 1. The van der Waals surface area contributed by atoms with Gasteiger partial charge in [0.15, 0.2) is 0 Å². The molecule has 0 aliphatic heterocycles. The number of hydrogen-bond acceptors (Lipinski definition) is 4. The summed E-state index contributed by atoms with van der Waals surface area (Å²) in [5.41, 5.74) is 7.38. The summed E-state index contributed by atoms with van der Waals surface area (Å²) >= 11 is 0. The monoisotopic (exact) mass is 279 g/mol. The Balaban J connectivity index is 2.51. The Morgan fingerprint density at radius 2 is 2.00 bits per heavy atom. The van der Waals surface area contributed by atoms with E-state index in [4.69, 9.17) is 10.5 Å². The number of benzene rings is 1. The van der Waals surface area contributed by atoms with Gasteiger partial charge in [0.2, 0.25) is 5.91 Å². The van der Waals surface area contributed by atoms with Crippen LogP contribution in [-0.2, 0) is 16.1 Å². The van der Waals surface area contributed by atoms with Gasteiger partial charge < -0.3 is 15.8 Å². The Hall–Kier alpha value is -1.43. The molecule has 1 rings (SSSR count). The molecule has 1 amide bonds. The van der Waals surface area contributed by atoms with E-state index < -0.39 is 0 Å². The third-order valence-electron chi connectivity index (χ3n) is 3.13. The zero-order chi connectivity index (χ0) is 15.0. The van der Waals surface area contributed by atoms with Gasteiger partial charge in [-0.15, -0.1) is 0 Å². The van der Waals surface area contributed by atoms with Crippen LogP contribution < -0.4 is 11.1 Å². The Kier molecular flexibility index (Phi) is 7.22. The lowest BCUT2D eigenvalue weighted by Gasteiger charge is -2.25. The number of carbonyl (C=O) groups is 1. The van der Waals surface area contributed by atoms with Crippen molar-refractivity contribution >= 4 is 11.6 Å². The predicted molar refractivity (Wildman–Crippen MR) is 81.5 cm³/mol. The summed E-state index contributed by atoms with van der Waals surface area (Å²) in [6.07, 6.45) is 0. The molecule has 0 unspecified atom stereocenters. The van der Waals surface area contributed by atoms with Crippen LogP contribution in [0.1, 0.15) is 19.4 Å². The Labute approximate surface area is 121 Å². The maximum atomic E-state index is 12.0. The molecule has 0 saturated carbocycles. The van der Waals surface area contributed by atoms with E-state index in [0.717, 1.165) is 17.8 Å². The highest BCUT2D eigenvalue weighted by molar-refractivity contribution is 5.92. The van der Waals surface area contributed by atoms with Gasteiger partial charge in [-0.2, -0.15) is 0 Å². The fourth-order valence-corrected chi connectivity index (χ4v) is 1.84. The average Bonchev–Trinajstić information content (AvgIpc) is 2.44. The summed E-state index contributed by atoms with van der Waals surface area (Å²) in [7, 11) is 1.66. The van der Waals surface area contributed by atoms with Crippen molar-refractivity contribution in [2.45, 2.75) is 26.4 Å². The first-order valence-corrected chi connectivity index (χ1v) is 6.88. The standard InChI is InChI=1S/C15H25N3O2/c1-12(2)18(8-9-20-3)11-15(19)17-14-6-4-13(10-16)5-7-14/h4-7,12H,8-11,16H2,1-3H3,(H,17,19). The minimum absolute atomic E-state index is 0.0182. The Bertz CT molecular complexity index is 404. The van der Waals surface area contributed by atoms with Gasteiger partial charge in [-0.25, -0.2) is 0 Å². The van der Waals surface area contributed by atoms with E-state index in [9.17, 15) is 4.79 Å². The van der Waals surface area contributed by atoms with Crippen molar-refractivity contribution in [3.8, 4) is 0 Å². The van der Waals surface area contributed by atoms with Gasteiger partial charge in [0.1, 0.15) is 0 Å². The van der Waals surface area contributed by atoms with Crippen LogP contribution >= 0.6 is 0 Å². The number of ether oxygens (including phenoxy) is 1. The molecule has 0 spiro atoms. The highest BCUT2D eigenvalue weighted by atomic mass is 16.5. The molecule has 0 saturated heterocycles. The molecule has 1 aromatic rings. The molecule has 0 bridgehead atoms. The summed E-state index contributed by atoms with van der Waals surface area (Å²) in [6.45, 7) is 6.37. The summed E-state index contributed by atoms with van der Waals surface area (Å²) in [4.78, 5) is 14.1. The van der Waals surface area contributed by atoms with Crippen LogP contribution in [-0.4, -0.2) is 43.7 Å².